The second kappa shape index (κ2) is 4.82. The molecule has 0 spiro atoms. The smallest absolute Gasteiger partial charge is 0.128 e. The fourth-order valence-corrected chi connectivity index (χ4v) is 1.69. The van der Waals surface area contributed by atoms with Crippen molar-refractivity contribution >= 4 is 5.82 Å². The van der Waals surface area contributed by atoms with Crippen molar-refractivity contribution in [2.24, 2.45) is 0 Å². The topological polar surface area (TPSA) is 61.0 Å². The molecule has 0 aliphatic rings. The maximum Gasteiger partial charge on any atom is 0.128 e. The first-order valence-electron chi connectivity index (χ1n) is 5.54. The highest BCUT2D eigenvalue weighted by Gasteiger charge is 2.08. The molecule has 1 heterocycles. The number of aromatic nitrogens is 2. The highest BCUT2D eigenvalue weighted by Crippen LogP contribution is 2.29. The van der Waals surface area contributed by atoms with E-state index in [0.29, 0.717) is 18.2 Å². The van der Waals surface area contributed by atoms with Crippen molar-refractivity contribution in [1.29, 1.82) is 0 Å². The van der Waals surface area contributed by atoms with E-state index >= 15 is 0 Å². The van der Waals surface area contributed by atoms with Crippen LogP contribution in [0.5, 0.6) is 5.75 Å². The molecule has 1 aromatic carbocycles. The van der Waals surface area contributed by atoms with Gasteiger partial charge in [0.25, 0.3) is 0 Å². The van der Waals surface area contributed by atoms with Crippen molar-refractivity contribution in [1.82, 2.24) is 9.97 Å². The summed E-state index contributed by atoms with van der Waals surface area (Å²) in [5.41, 5.74) is 7.46. The van der Waals surface area contributed by atoms with Gasteiger partial charge in [-0.2, -0.15) is 0 Å². The summed E-state index contributed by atoms with van der Waals surface area (Å²) in [5, 5.41) is 0. The molecule has 0 aliphatic heterocycles. The quantitative estimate of drug-likeness (QED) is 0.878. The van der Waals surface area contributed by atoms with Gasteiger partial charge in [0.05, 0.1) is 12.3 Å². The molecule has 4 nitrogen and oxygen atoms in total. The summed E-state index contributed by atoms with van der Waals surface area (Å²) < 4.78 is 5.57. The van der Waals surface area contributed by atoms with Gasteiger partial charge in [0.1, 0.15) is 17.4 Å². The van der Waals surface area contributed by atoms with Crippen LogP contribution in [0.3, 0.4) is 0 Å². The molecular weight excluding hydrogens is 214 g/mol. The third-order valence-corrected chi connectivity index (χ3v) is 2.32. The molecule has 2 aromatic rings. The lowest BCUT2D eigenvalue weighted by Gasteiger charge is -2.10. The zero-order valence-electron chi connectivity index (χ0n) is 9.97. The van der Waals surface area contributed by atoms with Gasteiger partial charge in [-0.15, -0.1) is 0 Å². The number of hydrogen-bond donors (Lipinski definition) is 1. The Morgan fingerprint density at radius 3 is 2.71 bits per heavy atom. The lowest BCUT2D eigenvalue weighted by molar-refractivity contribution is 0.341. The molecule has 2 rings (SSSR count). The van der Waals surface area contributed by atoms with E-state index in [2.05, 4.69) is 9.97 Å². The zero-order valence-corrected chi connectivity index (χ0v) is 9.97. The number of anilines is 1. The van der Waals surface area contributed by atoms with Crippen LogP contribution in [-0.2, 0) is 0 Å². The Balaban J connectivity index is 2.51. The van der Waals surface area contributed by atoms with Crippen molar-refractivity contribution < 1.29 is 4.74 Å². The van der Waals surface area contributed by atoms with Crippen molar-refractivity contribution in [2.45, 2.75) is 13.8 Å². The number of benzene rings is 1. The molecule has 0 atom stereocenters. The summed E-state index contributed by atoms with van der Waals surface area (Å²) in [6.45, 7) is 4.40. The van der Waals surface area contributed by atoms with Crippen LogP contribution in [0, 0.1) is 6.92 Å². The molecule has 2 N–H and O–H groups in total. The number of para-hydroxylation sites is 1. The van der Waals surface area contributed by atoms with Crippen LogP contribution in [0.25, 0.3) is 11.3 Å². The normalized spacial score (nSPS) is 10.2. The van der Waals surface area contributed by atoms with E-state index in [0.717, 1.165) is 17.0 Å². The SMILES string of the molecule is CCOc1ccccc1-c1cc(N)nc(C)n1. The first-order chi connectivity index (χ1) is 8.20. The van der Waals surface area contributed by atoms with Gasteiger partial charge in [-0.25, -0.2) is 9.97 Å². The van der Waals surface area contributed by atoms with Crippen LogP contribution in [0.1, 0.15) is 12.7 Å². The van der Waals surface area contributed by atoms with Gasteiger partial charge in [0.2, 0.25) is 0 Å². The summed E-state index contributed by atoms with van der Waals surface area (Å²) in [4.78, 5) is 8.44. The summed E-state index contributed by atoms with van der Waals surface area (Å²) in [5.74, 6) is 1.94. The Kier molecular flexibility index (Phi) is 3.23. The fraction of sp³-hybridized carbons (Fsp3) is 0.231. The summed E-state index contributed by atoms with van der Waals surface area (Å²) in [6.07, 6.45) is 0. The van der Waals surface area contributed by atoms with E-state index in [1.807, 2.05) is 38.1 Å². The molecule has 0 amide bonds. The first kappa shape index (κ1) is 11.4. The van der Waals surface area contributed by atoms with Crippen molar-refractivity contribution in [2.75, 3.05) is 12.3 Å². The number of nitrogens with zero attached hydrogens (tertiary/aromatic N) is 2. The largest absolute Gasteiger partial charge is 0.493 e. The van der Waals surface area contributed by atoms with Crippen LogP contribution in [0.2, 0.25) is 0 Å². The predicted octanol–water partition coefficient (Wildman–Crippen LogP) is 2.43. The maximum absolute atomic E-state index is 5.73. The van der Waals surface area contributed by atoms with E-state index < -0.39 is 0 Å². The molecule has 0 fully saturated rings. The van der Waals surface area contributed by atoms with Gasteiger partial charge in [-0.3, -0.25) is 0 Å². The highest BCUT2D eigenvalue weighted by molar-refractivity contribution is 5.68. The fourth-order valence-electron chi connectivity index (χ4n) is 1.69. The molecule has 1 aromatic heterocycles. The summed E-state index contributed by atoms with van der Waals surface area (Å²) >= 11 is 0. The summed E-state index contributed by atoms with van der Waals surface area (Å²) in [6, 6.07) is 9.53. The van der Waals surface area contributed by atoms with Gasteiger partial charge in [-0.1, -0.05) is 12.1 Å². The lowest BCUT2D eigenvalue weighted by Crippen LogP contribution is -1.99. The van der Waals surface area contributed by atoms with E-state index in [-0.39, 0.29) is 0 Å². The number of hydrogen-bond acceptors (Lipinski definition) is 4. The molecule has 0 bridgehead atoms. The monoisotopic (exact) mass is 229 g/mol. The van der Waals surface area contributed by atoms with Crippen LogP contribution in [-0.4, -0.2) is 16.6 Å². The molecule has 0 aliphatic carbocycles. The molecule has 17 heavy (non-hydrogen) atoms. The minimum absolute atomic E-state index is 0.471. The zero-order chi connectivity index (χ0) is 12.3. The van der Waals surface area contributed by atoms with E-state index in [1.165, 1.54) is 0 Å². The average molecular weight is 229 g/mol. The number of ether oxygens (including phenoxy) is 1. The third kappa shape index (κ3) is 2.53. The molecule has 0 unspecified atom stereocenters. The Labute approximate surface area is 100 Å². The van der Waals surface area contributed by atoms with Crippen LogP contribution < -0.4 is 10.5 Å². The molecule has 0 radical (unpaired) electrons. The summed E-state index contributed by atoms with van der Waals surface area (Å²) in [7, 11) is 0. The van der Waals surface area contributed by atoms with Crippen molar-refractivity contribution in [3.05, 3.63) is 36.2 Å². The van der Waals surface area contributed by atoms with Crippen molar-refractivity contribution in [3.63, 3.8) is 0 Å². The molecule has 88 valence electrons. The standard InChI is InChI=1S/C13H15N3O/c1-3-17-12-7-5-4-6-10(12)11-8-13(14)16-9(2)15-11/h4-8H,3H2,1-2H3,(H2,14,15,16). The lowest BCUT2D eigenvalue weighted by atomic mass is 10.1. The number of nitrogen functional groups attached to an aromatic ring is 1. The Morgan fingerprint density at radius 2 is 2.00 bits per heavy atom. The predicted molar refractivity (Wildman–Crippen MR) is 67.8 cm³/mol. The molecule has 0 saturated heterocycles. The minimum atomic E-state index is 0.471. The van der Waals surface area contributed by atoms with Crippen LogP contribution in [0.4, 0.5) is 5.82 Å². The maximum atomic E-state index is 5.73. The van der Waals surface area contributed by atoms with E-state index in [4.69, 9.17) is 10.5 Å². The number of rotatable bonds is 3. The number of nitrogens with two attached hydrogens (primary N) is 1. The van der Waals surface area contributed by atoms with Gasteiger partial charge in [-0.05, 0) is 26.0 Å². The third-order valence-electron chi connectivity index (χ3n) is 2.32. The molecule has 4 heteroatoms. The highest BCUT2D eigenvalue weighted by atomic mass is 16.5. The second-order valence-electron chi connectivity index (χ2n) is 3.65. The Morgan fingerprint density at radius 1 is 1.24 bits per heavy atom. The number of aryl methyl sites for hydroxylation is 1. The molecular formula is C13H15N3O. The molecule has 0 saturated carbocycles. The van der Waals surface area contributed by atoms with Crippen molar-refractivity contribution in [3.8, 4) is 17.0 Å². The average Bonchev–Trinajstić information content (AvgIpc) is 2.29. The minimum Gasteiger partial charge on any atom is -0.493 e. The van der Waals surface area contributed by atoms with E-state index in [1.54, 1.807) is 6.07 Å². The Bertz CT molecular complexity index is 506. The van der Waals surface area contributed by atoms with Gasteiger partial charge < -0.3 is 10.5 Å². The van der Waals surface area contributed by atoms with Gasteiger partial charge >= 0.3 is 0 Å². The second-order valence-corrected chi connectivity index (χ2v) is 3.65. The Hall–Kier alpha value is -2.10. The van der Waals surface area contributed by atoms with Gasteiger partial charge in [0.15, 0.2) is 0 Å². The first-order valence-corrected chi connectivity index (χ1v) is 5.54. The van der Waals surface area contributed by atoms with Gasteiger partial charge in [0, 0.05) is 11.6 Å². The van der Waals surface area contributed by atoms with Crippen LogP contribution >= 0.6 is 0 Å². The van der Waals surface area contributed by atoms with E-state index in [9.17, 15) is 0 Å². The van der Waals surface area contributed by atoms with Crippen LogP contribution in [0.15, 0.2) is 30.3 Å².